The first-order valence-electron chi connectivity index (χ1n) is 17.8. The SMILES string of the molecule is Cc1sc2c(c1C)C(c1ccc(Cl)cc1)=N[C@@H](CC(=O)N1CCC(CN3CCN(c4ccc(C(=O)O)c(C#CCN)c4)CC3)CC1)c1nnc(C)n1-2. The summed E-state index contributed by atoms with van der Waals surface area (Å²) < 4.78 is 2.09. The molecule has 2 aromatic carbocycles. The Bertz CT molecular complexity index is 2080. The second-order valence-electron chi connectivity index (χ2n) is 13.8. The van der Waals surface area contributed by atoms with Gasteiger partial charge in [-0.2, -0.15) is 0 Å². The van der Waals surface area contributed by atoms with Gasteiger partial charge >= 0.3 is 5.97 Å². The maximum Gasteiger partial charge on any atom is 0.336 e. The zero-order chi connectivity index (χ0) is 36.5. The van der Waals surface area contributed by atoms with Crippen LogP contribution in [0.2, 0.25) is 5.02 Å². The van der Waals surface area contributed by atoms with Gasteiger partial charge in [-0.25, -0.2) is 4.79 Å². The Balaban J connectivity index is 0.987. The van der Waals surface area contributed by atoms with E-state index < -0.39 is 12.0 Å². The number of carbonyl (C=O) groups is 2. The number of nitrogens with two attached hydrogens (primary N) is 1. The van der Waals surface area contributed by atoms with Crippen molar-refractivity contribution in [2.24, 2.45) is 16.6 Å². The number of thiophene rings is 1. The van der Waals surface area contributed by atoms with Crippen LogP contribution in [0.1, 0.15) is 74.4 Å². The average Bonchev–Trinajstić information content (AvgIpc) is 3.62. The van der Waals surface area contributed by atoms with Gasteiger partial charge in [-0.3, -0.25) is 19.3 Å². The van der Waals surface area contributed by atoms with Crippen molar-refractivity contribution in [3.63, 3.8) is 0 Å². The highest BCUT2D eigenvalue weighted by Gasteiger charge is 2.34. The molecule has 0 bridgehead atoms. The van der Waals surface area contributed by atoms with Crippen LogP contribution in [0.3, 0.4) is 0 Å². The summed E-state index contributed by atoms with van der Waals surface area (Å²) in [4.78, 5) is 38.9. The summed E-state index contributed by atoms with van der Waals surface area (Å²) in [6, 6.07) is 12.6. The molecule has 2 fully saturated rings. The molecule has 3 N–H and O–H groups in total. The van der Waals surface area contributed by atoms with Crippen LogP contribution in [0.4, 0.5) is 5.69 Å². The molecule has 0 radical (unpaired) electrons. The number of hydrogen-bond donors (Lipinski definition) is 2. The number of benzene rings is 2. The molecule has 0 aliphatic carbocycles. The smallest absolute Gasteiger partial charge is 0.336 e. The van der Waals surface area contributed by atoms with Gasteiger partial charge in [0.15, 0.2) is 5.82 Å². The number of amides is 1. The van der Waals surface area contributed by atoms with E-state index in [1.807, 2.05) is 48.2 Å². The molecule has 0 spiro atoms. The van der Waals surface area contributed by atoms with Crippen molar-refractivity contribution in [2.45, 2.75) is 46.1 Å². The van der Waals surface area contributed by atoms with Gasteiger partial charge in [0, 0.05) is 78.1 Å². The molecule has 2 saturated heterocycles. The lowest BCUT2D eigenvalue weighted by Crippen LogP contribution is -2.49. The fourth-order valence-corrected chi connectivity index (χ4v) is 8.85. The van der Waals surface area contributed by atoms with Crippen molar-refractivity contribution in [3.8, 4) is 16.8 Å². The van der Waals surface area contributed by atoms with E-state index in [2.05, 4.69) is 50.3 Å². The van der Waals surface area contributed by atoms with Gasteiger partial charge in [0.25, 0.3) is 0 Å². The zero-order valence-electron chi connectivity index (χ0n) is 29.7. The van der Waals surface area contributed by atoms with Crippen LogP contribution in [0.25, 0.3) is 5.00 Å². The molecule has 52 heavy (non-hydrogen) atoms. The Labute approximate surface area is 313 Å². The molecule has 1 atom stereocenters. The third-order valence-electron chi connectivity index (χ3n) is 10.5. The monoisotopic (exact) mass is 738 g/mol. The number of aromatic nitrogens is 3. The Kier molecular flexibility index (Phi) is 10.5. The molecule has 5 heterocycles. The van der Waals surface area contributed by atoms with Crippen LogP contribution in [0.15, 0.2) is 47.5 Å². The minimum absolute atomic E-state index is 0.0890. The Morgan fingerprint density at radius 1 is 1.00 bits per heavy atom. The van der Waals surface area contributed by atoms with Crippen molar-refractivity contribution in [1.82, 2.24) is 24.6 Å². The number of piperazine rings is 1. The summed E-state index contributed by atoms with van der Waals surface area (Å²) in [5.74, 6) is 6.79. The predicted octanol–water partition coefficient (Wildman–Crippen LogP) is 5.26. The van der Waals surface area contributed by atoms with Gasteiger partial charge in [-0.1, -0.05) is 35.6 Å². The fraction of sp³-hybridized carbons (Fsp3) is 0.410. The summed E-state index contributed by atoms with van der Waals surface area (Å²) in [6.45, 7) is 12.4. The largest absolute Gasteiger partial charge is 0.478 e. The number of aryl methyl sites for hydroxylation is 2. The number of fused-ring (bicyclic) bond motifs is 3. The number of aliphatic imine (C=N–C) groups is 1. The number of anilines is 1. The van der Waals surface area contributed by atoms with E-state index in [0.29, 0.717) is 22.3 Å². The number of hydrogen-bond acceptors (Lipinski definition) is 9. The lowest BCUT2D eigenvalue weighted by atomic mass is 9.95. The third kappa shape index (κ3) is 7.23. The van der Waals surface area contributed by atoms with E-state index in [0.717, 1.165) is 92.0 Å². The number of aromatic carboxylic acids is 1. The summed E-state index contributed by atoms with van der Waals surface area (Å²) in [5.41, 5.74) is 11.2. The van der Waals surface area contributed by atoms with Crippen molar-refractivity contribution in [2.75, 3.05) is 57.3 Å². The fourth-order valence-electron chi connectivity index (χ4n) is 7.51. The van der Waals surface area contributed by atoms with Gasteiger partial charge in [0.05, 0.1) is 24.2 Å². The van der Waals surface area contributed by atoms with Crippen LogP contribution in [0.5, 0.6) is 0 Å². The summed E-state index contributed by atoms with van der Waals surface area (Å²) >= 11 is 7.97. The van der Waals surface area contributed by atoms with Gasteiger partial charge in [0.2, 0.25) is 5.91 Å². The molecule has 3 aliphatic rings. The molecule has 4 aromatic rings. The number of halogens is 1. The number of carbonyl (C=O) groups excluding carboxylic acids is 1. The van der Waals surface area contributed by atoms with E-state index in [9.17, 15) is 14.7 Å². The average molecular weight is 739 g/mol. The molecule has 3 aliphatic heterocycles. The number of carboxylic acid groups (broad SMARTS) is 1. The van der Waals surface area contributed by atoms with Crippen LogP contribution in [-0.4, -0.2) is 99.6 Å². The first kappa shape index (κ1) is 35.8. The molecule has 11 nitrogen and oxygen atoms in total. The number of carboxylic acids is 1. The minimum Gasteiger partial charge on any atom is -0.478 e. The summed E-state index contributed by atoms with van der Waals surface area (Å²) in [6.07, 6.45) is 2.14. The van der Waals surface area contributed by atoms with Gasteiger partial charge in [-0.15, -0.1) is 21.5 Å². The molecule has 13 heteroatoms. The standard InChI is InChI=1S/C39H43ClN8O3S/c1-24-25(2)52-38-35(24)36(28-6-8-30(40)9-7-28)42-33(37-44-43-26(3)48(37)38)22-34(49)47-15-12-27(13-16-47)23-45-17-19-46(20-18-45)31-10-11-32(39(50)51)29(21-31)5-4-14-41/h6-11,21,27,33H,12-20,22-23,41H2,1-3H3,(H,50,51)/t33-/m0/s1. The van der Waals surface area contributed by atoms with Crippen molar-refractivity contribution < 1.29 is 14.7 Å². The van der Waals surface area contributed by atoms with Gasteiger partial charge in [0.1, 0.15) is 16.9 Å². The zero-order valence-corrected chi connectivity index (χ0v) is 31.3. The topological polar surface area (TPSA) is 133 Å². The first-order chi connectivity index (χ1) is 25.1. The molecule has 7 rings (SSSR count). The number of likely N-dealkylation sites (tertiary alicyclic amines) is 1. The Morgan fingerprint density at radius 2 is 1.73 bits per heavy atom. The van der Waals surface area contributed by atoms with E-state index in [1.54, 1.807) is 17.4 Å². The second kappa shape index (κ2) is 15.2. The summed E-state index contributed by atoms with van der Waals surface area (Å²) in [5, 5.41) is 20.3. The van der Waals surface area contributed by atoms with Crippen molar-refractivity contribution in [1.29, 1.82) is 0 Å². The van der Waals surface area contributed by atoms with E-state index in [4.69, 9.17) is 22.3 Å². The highest BCUT2D eigenvalue weighted by atomic mass is 35.5. The van der Waals surface area contributed by atoms with E-state index in [-0.39, 0.29) is 24.4 Å². The number of piperidine rings is 1. The lowest BCUT2D eigenvalue weighted by molar-refractivity contribution is -0.133. The molecule has 0 unspecified atom stereocenters. The lowest BCUT2D eigenvalue weighted by Gasteiger charge is -2.39. The second-order valence-corrected chi connectivity index (χ2v) is 15.4. The van der Waals surface area contributed by atoms with Crippen molar-refractivity contribution >= 4 is 46.2 Å². The van der Waals surface area contributed by atoms with E-state index in [1.165, 1.54) is 10.4 Å². The first-order valence-corrected chi connectivity index (χ1v) is 19.0. The van der Waals surface area contributed by atoms with Gasteiger partial charge in [-0.05, 0) is 75.4 Å². The highest BCUT2D eigenvalue weighted by molar-refractivity contribution is 7.15. The van der Waals surface area contributed by atoms with Crippen LogP contribution >= 0.6 is 22.9 Å². The third-order valence-corrected chi connectivity index (χ3v) is 11.9. The summed E-state index contributed by atoms with van der Waals surface area (Å²) in [7, 11) is 0. The molecular weight excluding hydrogens is 696 g/mol. The Hall–Kier alpha value is -4.54. The molecule has 2 aromatic heterocycles. The van der Waals surface area contributed by atoms with Crippen LogP contribution < -0.4 is 10.6 Å². The highest BCUT2D eigenvalue weighted by Crippen LogP contribution is 2.40. The Morgan fingerprint density at radius 3 is 2.42 bits per heavy atom. The normalized spacial score (nSPS) is 17.9. The molecule has 1 amide bonds. The maximum absolute atomic E-state index is 13.9. The maximum atomic E-state index is 13.9. The molecule has 0 saturated carbocycles. The minimum atomic E-state index is -0.992. The van der Waals surface area contributed by atoms with Crippen LogP contribution in [-0.2, 0) is 4.79 Å². The van der Waals surface area contributed by atoms with Crippen molar-refractivity contribution in [3.05, 3.63) is 91.8 Å². The molecule has 270 valence electrons. The predicted molar refractivity (Wildman–Crippen MR) is 205 cm³/mol. The number of nitrogens with zero attached hydrogens (tertiary/aromatic N) is 7. The van der Waals surface area contributed by atoms with E-state index >= 15 is 0 Å². The van der Waals surface area contributed by atoms with Crippen LogP contribution in [0, 0.1) is 38.5 Å². The number of rotatable bonds is 7. The quantitative estimate of drug-likeness (QED) is 0.246. The molecular formula is C39H43ClN8O3S. The van der Waals surface area contributed by atoms with Gasteiger partial charge < -0.3 is 20.6 Å².